The number of rotatable bonds is 2. The lowest BCUT2D eigenvalue weighted by molar-refractivity contribution is 0.813. The third-order valence-corrected chi connectivity index (χ3v) is 2.89. The summed E-state index contributed by atoms with van der Waals surface area (Å²) in [5.41, 5.74) is 1.20. The normalized spacial score (nSPS) is 14.8. The number of nitriles is 1. The number of hydrogen-bond donors (Lipinski definition) is 0. The highest BCUT2D eigenvalue weighted by Crippen LogP contribution is 2.23. The van der Waals surface area contributed by atoms with Crippen LogP contribution < -0.4 is 0 Å². The summed E-state index contributed by atoms with van der Waals surface area (Å²) < 4.78 is 0. The predicted molar refractivity (Wildman–Crippen MR) is 53.2 cm³/mol. The van der Waals surface area contributed by atoms with E-state index < -0.39 is 0 Å². The molecule has 62 valence electrons. The second kappa shape index (κ2) is 4.27. The number of alkyl halides is 1. The summed E-state index contributed by atoms with van der Waals surface area (Å²) in [6, 6.07) is 12.2. The highest BCUT2D eigenvalue weighted by atomic mass is 79.9. The van der Waals surface area contributed by atoms with E-state index in [0.29, 0.717) is 0 Å². The van der Waals surface area contributed by atoms with Crippen molar-refractivity contribution in [2.75, 3.05) is 0 Å². The van der Waals surface area contributed by atoms with Crippen LogP contribution in [0.3, 0.4) is 0 Å². The van der Waals surface area contributed by atoms with Gasteiger partial charge < -0.3 is 0 Å². The third-order valence-electron chi connectivity index (χ3n) is 1.89. The van der Waals surface area contributed by atoms with Gasteiger partial charge >= 0.3 is 0 Å². The Morgan fingerprint density at radius 1 is 1.33 bits per heavy atom. The maximum Gasteiger partial charge on any atom is 0.108 e. The summed E-state index contributed by atoms with van der Waals surface area (Å²) in [6.07, 6.45) is 0. The molecule has 0 spiro atoms. The number of halogens is 1. The van der Waals surface area contributed by atoms with Crippen molar-refractivity contribution in [3.05, 3.63) is 35.9 Å². The van der Waals surface area contributed by atoms with Crippen LogP contribution >= 0.6 is 15.9 Å². The van der Waals surface area contributed by atoms with E-state index in [1.807, 2.05) is 37.3 Å². The lowest BCUT2D eigenvalue weighted by Gasteiger charge is -2.11. The topological polar surface area (TPSA) is 23.8 Å². The van der Waals surface area contributed by atoms with E-state index in [1.165, 1.54) is 5.56 Å². The first-order chi connectivity index (χ1) is 5.75. The summed E-state index contributed by atoms with van der Waals surface area (Å²) in [4.78, 5) is -0.0973. The maximum atomic E-state index is 8.67. The second-order valence-electron chi connectivity index (χ2n) is 2.73. The summed E-state index contributed by atoms with van der Waals surface area (Å²) in [5, 5.41) is 8.67. The molecule has 0 unspecified atom stereocenters. The van der Waals surface area contributed by atoms with E-state index in [4.69, 9.17) is 5.26 Å². The van der Waals surface area contributed by atoms with Crippen molar-refractivity contribution in [2.24, 2.45) is 0 Å². The Hall–Kier alpha value is -0.810. The average molecular weight is 224 g/mol. The van der Waals surface area contributed by atoms with Crippen molar-refractivity contribution < 1.29 is 0 Å². The van der Waals surface area contributed by atoms with Crippen molar-refractivity contribution in [3.8, 4) is 6.07 Å². The molecule has 2 atom stereocenters. The van der Waals surface area contributed by atoms with Gasteiger partial charge in [-0.15, -0.1) is 0 Å². The first-order valence-electron chi connectivity index (χ1n) is 3.84. The largest absolute Gasteiger partial charge is 0.197 e. The van der Waals surface area contributed by atoms with Crippen molar-refractivity contribution in [1.29, 1.82) is 5.26 Å². The minimum absolute atomic E-state index is 0.0973. The van der Waals surface area contributed by atoms with Gasteiger partial charge in [0.15, 0.2) is 0 Å². The van der Waals surface area contributed by atoms with E-state index >= 15 is 0 Å². The fourth-order valence-corrected chi connectivity index (χ4v) is 1.34. The molecule has 0 aliphatic carbocycles. The van der Waals surface area contributed by atoms with Gasteiger partial charge in [0, 0.05) is 5.92 Å². The number of benzene rings is 1. The van der Waals surface area contributed by atoms with Gasteiger partial charge in [0.1, 0.15) is 4.83 Å². The lowest BCUT2D eigenvalue weighted by Crippen LogP contribution is -2.05. The summed E-state index contributed by atoms with van der Waals surface area (Å²) >= 11 is 3.32. The van der Waals surface area contributed by atoms with Crippen LogP contribution in [0.25, 0.3) is 0 Å². The molecule has 0 heterocycles. The van der Waals surface area contributed by atoms with E-state index in [-0.39, 0.29) is 10.7 Å². The van der Waals surface area contributed by atoms with Crippen LogP contribution in [0.4, 0.5) is 0 Å². The summed E-state index contributed by atoms with van der Waals surface area (Å²) in [6.45, 7) is 2.04. The smallest absolute Gasteiger partial charge is 0.108 e. The lowest BCUT2D eigenvalue weighted by atomic mass is 9.99. The van der Waals surface area contributed by atoms with Crippen molar-refractivity contribution >= 4 is 15.9 Å². The maximum absolute atomic E-state index is 8.67. The van der Waals surface area contributed by atoms with Crippen LogP contribution in [0.2, 0.25) is 0 Å². The average Bonchev–Trinajstić information content (AvgIpc) is 2.17. The molecule has 2 heteroatoms. The Morgan fingerprint density at radius 2 is 1.92 bits per heavy atom. The Bertz CT molecular complexity index is 276. The molecule has 0 aliphatic rings. The highest BCUT2D eigenvalue weighted by molar-refractivity contribution is 9.09. The molecule has 0 saturated heterocycles. The molecule has 1 rings (SSSR count). The second-order valence-corrected chi connectivity index (χ2v) is 3.72. The molecule has 0 bridgehead atoms. The third kappa shape index (κ3) is 2.09. The SMILES string of the molecule is C[C@H](c1ccccc1)[C@@H](Br)C#N. The van der Waals surface area contributed by atoms with Crippen molar-refractivity contribution in [2.45, 2.75) is 17.7 Å². The number of hydrogen-bond acceptors (Lipinski definition) is 1. The minimum atomic E-state index is -0.0973. The van der Waals surface area contributed by atoms with Gasteiger partial charge in [-0.1, -0.05) is 53.2 Å². The first-order valence-corrected chi connectivity index (χ1v) is 4.76. The van der Waals surface area contributed by atoms with Gasteiger partial charge in [-0.2, -0.15) is 5.26 Å². The quantitative estimate of drug-likeness (QED) is 0.708. The molecule has 0 saturated carbocycles. The Balaban J connectivity index is 2.80. The first kappa shape index (κ1) is 9.28. The van der Waals surface area contributed by atoms with Gasteiger partial charge in [0.05, 0.1) is 6.07 Å². The zero-order valence-electron chi connectivity index (χ0n) is 6.87. The molecular formula is C10H10BrN. The minimum Gasteiger partial charge on any atom is -0.197 e. The Labute approximate surface area is 81.2 Å². The molecule has 1 aromatic rings. The van der Waals surface area contributed by atoms with Gasteiger partial charge in [0.2, 0.25) is 0 Å². The van der Waals surface area contributed by atoms with Crippen molar-refractivity contribution in [3.63, 3.8) is 0 Å². The molecule has 1 aromatic carbocycles. The zero-order valence-corrected chi connectivity index (χ0v) is 8.45. The van der Waals surface area contributed by atoms with Crippen LogP contribution in [0, 0.1) is 11.3 Å². The predicted octanol–water partition coefficient (Wildman–Crippen LogP) is 3.08. The molecule has 0 aromatic heterocycles. The molecule has 0 N–H and O–H groups in total. The van der Waals surface area contributed by atoms with E-state index in [0.717, 1.165) is 0 Å². The fraction of sp³-hybridized carbons (Fsp3) is 0.300. The van der Waals surface area contributed by atoms with Gasteiger partial charge in [-0.3, -0.25) is 0 Å². The van der Waals surface area contributed by atoms with Gasteiger partial charge in [-0.05, 0) is 5.56 Å². The summed E-state index contributed by atoms with van der Waals surface area (Å²) in [5.74, 6) is 0.246. The molecule has 1 nitrogen and oxygen atoms in total. The fourth-order valence-electron chi connectivity index (χ4n) is 1.04. The molecule has 0 aliphatic heterocycles. The van der Waals surface area contributed by atoms with Crippen LogP contribution in [0.1, 0.15) is 18.4 Å². The molecule has 12 heavy (non-hydrogen) atoms. The van der Waals surface area contributed by atoms with E-state index in [9.17, 15) is 0 Å². The highest BCUT2D eigenvalue weighted by Gasteiger charge is 2.13. The number of nitrogens with zero attached hydrogens (tertiary/aromatic N) is 1. The standard InChI is InChI=1S/C10H10BrN/c1-8(10(11)7-12)9-5-3-2-4-6-9/h2-6,8,10H,1H3/t8-,10+/m1/s1. The van der Waals surface area contributed by atoms with E-state index in [1.54, 1.807) is 0 Å². The van der Waals surface area contributed by atoms with E-state index in [2.05, 4.69) is 22.0 Å². The van der Waals surface area contributed by atoms with Crippen LogP contribution in [-0.4, -0.2) is 4.83 Å². The van der Waals surface area contributed by atoms with Crippen LogP contribution in [0.15, 0.2) is 30.3 Å². The van der Waals surface area contributed by atoms with Crippen LogP contribution in [-0.2, 0) is 0 Å². The Kier molecular flexibility index (Phi) is 3.31. The zero-order chi connectivity index (χ0) is 8.97. The molecule has 0 fully saturated rings. The molecule has 0 radical (unpaired) electrons. The van der Waals surface area contributed by atoms with Crippen LogP contribution in [0.5, 0.6) is 0 Å². The van der Waals surface area contributed by atoms with Gasteiger partial charge in [0.25, 0.3) is 0 Å². The summed E-state index contributed by atoms with van der Waals surface area (Å²) in [7, 11) is 0. The molecule has 0 amide bonds. The molecular weight excluding hydrogens is 214 g/mol. The Morgan fingerprint density at radius 3 is 2.42 bits per heavy atom. The monoisotopic (exact) mass is 223 g/mol. The van der Waals surface area contributed by atoms with Gasteiger partial charge in [-0.25, -0.2) is 0 Å². The van der Waals surface area contributed by atoms with Crippen molar-refractivity contribution in [1.82, 2.24) is 0 Å².